The molecular weight excluding hydrogens is 256 g/mol. The highest BCUT2D eigenvalue weighted by molar-refractivity contribution is 5.80. The number of carbonyl (C=O) groups excluding carboxylic acids is 2. The molecule has 1 aliphatic carbocycles. The number of piperidine rings is 1. The number of hydrogen-bond acceptors (Lipinski definition) is 4. The summed E-state index contributed by atoms with van der Waals surface area (Å²) in [6.45, 7) is 2.03. The van der Waals surface area contributed by atoms with Gasteiger partial charge >= 0.3 is 5.97 Å². The highest BCUT2D eigenvalue weighted by atomic mass is 16.5. The zero-order valence-corrected chi connectivity index (χ0v) is 12.4. The molecule has 0 saturated carbocycles. The Hall–Kier alpha value is -1.36. The Kier molecular flexibility index (Phi) is 5.17. The van der Waals surface area contributed by atoms with Gasteiger partial charge in [-0.15, -0.1) is 0 Å². The maximum absolute atomic E-state index is 12.2. The van der Waals surface area contributed by atoms with Crippen LogP contribution in [0.25, 0.3) is 0 Å². The second kappa shape index (κ2) is 6.88. The lowest BCUT2D eigenvalue weighted by Crippen LogP contribution is -2.43. The number of likely N-dealkylation sites (tertiary alicyclic amines) is 1. The van der Waals surface area contributed by atoms with Crippen LogP contribution in [-0.4, -0.2) is 55.5 Å². The summed E-state index contributed by atoms with van der Waals surface area (Å²) in [4.78, 5) is 27.6. The summed E-state index contributed by atoms with van der Waals surface area (Å²) >= 11 is 0. The van der Waals surface area contributed by atoms with Gasteiger partial charge in [0.15, 0.2) is 0 Å². The van der Waals surface area contributed by atoms with Crippen LogP contribution in [0.5, 0.6) is 0 Å². The van der Waals surface area contributed by atoms with Gasteiger partial charge in [-0.2, -0.15) is 0 Å². The molecule has 1 aliphatic heterocycles. The normalized spacial score (nSPS) is 20.6. The van der Waals surface area contributed by atoms with Gasteiger partial charge in [0.05, 0.1) is 19.6 Å². The molecule has 0 aromatic carbocycles. The zero-order chi connectivity index (χ0) is 14.5. The van der Waals surface area contributed by atoms with Gasteiger partial charge in [0.2, 0.25) is 5.91 Å². The smallest absolute Gasteiger partial charge is 0.308 e. The van der Waals surface area contributed by atoms with E-state index < -0.39 is 0 Å². The van der Waals surface area contributed by atoms with Crippen LogP contribution in [0.2, 0.25) is 0 Å². The molecule has 1 amide bonds. The third-order valence-electron chi connectivity index (χ3n) is 4.30. The summed E-state index contributed by atoms with van der Waals surface area (Å²) in [6, 6.07) is 0. The number of nitrogens with zero attached hydrogens (tertiary/aromatic N) is 2. The van der Waals surface area contributed by atoms with Gasteiger partial charge in [-0.1, -0.05) is 6.08 Å². The third kappa shape index (κ3) is 3.60. The van der Waals surface area contributed by atoms with Crippen molar-refractivity contribution in [2.75, 3.05) is 33.8 Å². The molecule has 1 fully saturated rings. The minimum Gasteiger partial charge on any atom is -0.469 e. The molecule has 0 spiro atoms. The molecule has 0 bridgehead atoms. The molecule has 0 aromatic rings. The summed E-state index contributed by atoms with van der Waals surface area (Å²) in [6.07, 6.45) is 6.96. The van der Waals surface area contributed by atoms with E-state index in [1.54, 1.807) is 4.90 Å². The first kappa shape index (κ1) is 15.0. The predicted molar refractivity (Wildman–Crippen MR) is 75.9 cm³/mol. The van der Waals surface area contributed by atoms with Crippen molar-refractivity contribution < 1.29 is 14.3 Å². The van der Waals surface area contributed by atoms with E-state index in [9.17, 15) is 9.59 Å². The summed E-state index contributed by atoms with van der Waals surface area (Å²) in [5, 5.41) is 0. The lowest BCUT2D eigenvalue weighted by Gasteiger charge is -2.31. The fourth-order valence-electron chi connectivity index (χ4n) is 2.91. The molecule has 0 radical (unpaired) electrons. The first-order valence-electron chi connectivity index (χ1n) is 7.37. The van der Waals surface area contributed by atoms with Gasteiger partial charge in [0.25, 0.3) is 0 Å². The van der Waals surface area contributed by atoms with E-state index in [-0.39, 0.29) is 17.8 Å². The molecule has 112 valence electrons. The summed E-state index contributed by atoms with van der Waals surface area (Å²) < 4.78 is 4.77. The fourth-order valence-corrected chi connectivity index (χ4v) is 2.91. The van der Waals surface area contributed by atoms with Crippen LogP contribution < -0.4 is 0 Å². The van der Waals surface area contributed by atoms with Crippen molar-refractivity contribution in [3.63, 3.8) is 0 Å². The van der Waals surface area contributed by atoms with E-state index in [1.807, 2.05) is 7.05 Å². The van der Waals surface area contributed by atoms with Crippen molar-refractivity contribution >= 4 is 11.9 Å². The fraction of sp³-hybridized carbons (Fsp3) is 0.733. The monoisotopic (exact) mass is 280 g/mol. The largest absolute Gasteiger partial charge is 0.469 e. The number of hydrogen-bond donors (Lipinski definition) is 0. The second-order valence-corrected chi connectivity index (χ2v) is 5.61. The number of ether oxygens (including phenoxy) is 1. The van der Waals surface area contributed by atoms with E-state index in [0.717, 1.165) is 50.9 Å². The lowest BCUT2D eigenvalue weighted by molar-refractivity contribution is -0.147. The number of likely N-dealkylation sites (N-methyl/N-ethyl adjacent to an activating group) is 1. The molecule has 0 atom stereocenters. The molecule has 0 aromatic heterocycles. The summed E-state index contributed by atoms with van der Waals surface area (Å²) in [5.41, 5.74) is 1.15. The average Bonchev–Trinajstić information content (AvgIpc) is 3.00. The standard InChI is InChI=1S/C15H24N2O3/c1-16(13-5-3-4-6-13)14(18)11-17-9-7-12(8-10-17)15(19)20-2/h5,12H,3-4,6-11H2,1-2H3. The molecule has 0 N–H and O–H groups in total. The Balaban J connectivity index is 1.77. The maximum atomic E-state index is 12.2. The van der Waals surface area contributed by atoms with E-state index >= 15 is 0 Å². The van der Waals surface area contributed by atoms with Crippen molar-refractivity contribution in [1.29, 1.82) is 0 Å². The van der Waals surface area contributed by atoms with Crippen molar-refractivity contribution in [2.45, 2.75) is 32.1 Å². The van der Waals surface area contributed by atoms with Gasteiger partial charge in [-0.25, -0.2) is 0 Å². The van der Waals surface area contributed by atoms with Crippen LogP contribution in [0.3, 0.4) is 0 Å². The predicted octanol–water partition coefficient (Wildman–Crippen LogP) is 1.40. The van der Waals surface area contributed by atoms with Gasteiger partial charge in [0.1, 0.15) is 0 Å². The number of allylic oxidation sites excluding steroid dienone is 2. The lowest BCUT2D eigenvalue weighted by atomic mass is 9.97. The van der Waals surface area contributed by atoms with E-state index in [1.165, 1.54) is 7.11 Å². The minimum absolute atomic E-state index is 0.00150. The molecule has 5 heteroatoms. The number of carbonyl (C=O) groups is 2. The van der Waals surface area contributed by atoms with Crippen molar-refractivity contribution in [3.05, 3.63) is 11.8 Å². The van der Waals surface area contributed by atoms with Gasteiger partial charge in [0, 0.05) is 12.7 Å². The second-order valence-electron chi connectivity index (χ2n) is 5.61. The Bertz CT molecular complexity index is 398. The van der Waals surface area contributed by atoms with Crippen molar-refractivity contribution in [3.8, 4) is 0 Å². The molecule has 0 unspecified atom stereocenters. The number of amides is 1. The number of methoxy groups -OCH3 is 1. The SMILES string of the molecule is COC(=O)C1CCN(CC(=O)N(C)C2=CCCC2)CC1. The Morgan fingerprint density at radius 2 is 2.10 bits per heavy atom. The Morgan fingerprint density at radius 3 is 2.65 bits per heavy atom. The van der Waals surface area contributed by atoms with Gasteiger partial charge in [-0.05, 0) is 45.2 Å². The van der Waals surface area contributed by atoms with Crippen molar-refractivity contribution in [1.82, 2.24) is 9.80 Å². The van der Waals surface area contributed by atoms with Crippen LogP contribution in [0.15, 0.2) is 11.8 Å². The van der Waals surface area contributed by atoms with E-state index in [0.29, 0.717) is 6.54 Å². The minimum atomic E-state index is -0.121. The van der Waals surface area contributed by atoms with E-state index in [2.05, 4.69) is 11.0 Å². The van der Waals surface area contributed by atoms with Crippen LogP contribution >= 0.6 is 0 Å². The van der Waals surface area contributed by atoms with Crippen LogP contribution in [0.1, 0.15) is 32.1 Å². The molecule has 20 heavy (non-hydrogen) atoms. The summed E-state index contributed by atoms with van der Waals surface area (Å²) in [7, 11) is 3.29. The average molecular weight is 280 g/mol. The maximum Gasteiger partial charge on any atom is 0.308 e. The van der Waals surface area contributed by atoms with E-state index in [4.69, 9.17) is 4.74 Å². The van der Waals surface area contributed by atoms with Crippen LogP contribution in [0.4, 0.5) is 0 Å². The molecule has 1 saturated heterocycles. The third-order valence-corrected chi connectivity index (χ3v) is 4.30. The van der Waals surface area contributed by atoms with Gasteiger partial charge in [-0.3, -0.25) is 14.5 Å². The molecular formula is C15H24N2O3. The molecule has 2 rings (SSSR count). The Morgan fingerprint density at radius 1 is 1.40 bits per heavy atom. The van der Waals surface area contributed by atoms with Crippen LogP contribution in [0, 0.1) is 5.92 Å². The highest BCUT2D eigenvalue weighted by Crippen LogP contribution is 2.21. The topological polar surface area (TPSA) is 49.9 Å². The Labute approximate surface area is 120 Å². The zero-order valence-electron chi connectivity index (χ0n) is 12.4. The summed E-state index contributed by atoms with van der Waals surface area (Å²) in [5.74, 6) is 0.0282. The van der Waals surface area contributed by atoms with Crippen molar-refractivity contribution in [2.24, 2.45) is 5.92 Å². The first-order chi connectivity index (χ1) is 9.61. The molecule has 5 nitrogen and oxygen atoms in total. The molecule has 1 heterocycles. The number of esters is 1. The van der Waals surface area contributed by atoms with Gasteiger partial charge < -0.3 is 9.64 Å². The van der Waals surface area contributed by atoms with Crippen LogP contribution in [-0.2, 0) is 14.3 Å². The quantitative estimate of drug-likeness (QED) is 0.730. The highest BCUT2D eigenvalue weighted by Gasteiger charge is 2.27. The molecule has 2 aliphatic rings. The number of rotatable bonds is 4. The first-order valence-corrected chi connectivity index (χ1v) is 7.37.